The van der Waals surface area contributed by atoms with Crippen LogP contribution in [0.1, 0.15) is 6.42 Å². The molecule has 0 fully saturated rings. The molecule has 52 valence electrons. The van der Waals surface area contributed by atoms with Crippen LogP contribution in [0.3, 0.4) is 0 Å². The van der Waals surface area contributed by atoms with Crippen LogP contribution >= 0.6 is 0 Å². The summed E-state index contributed by atoms with van der Waals surface area (Å²) in [7, 11) is 0. The summed E-state index contributed by atoms with van der Waals surface area (Å²) in [6.45, 7) is 7.41. The Morgan fingerprint density at radius 1 is 1.56 bits per heavy atom. The first-order valence-corrected chi connectivity index (χ1v) is 2.85. The van der Waals surface area contributed by atoms with Crippen LogP contribution in [0.2, 0.25) is 0 Å². The fraction of sp³-hybridized carbons (Fsp3) is 0.429. The Hall–Kier alpha value is -0.600. The van der Waals surface area contributed by atoms with Gasteiger partial charge in [0.2, 0.25) is 0 Å². The molecule has 0 aliphatic rings. The van der Waals surface area contributed by atoms with Crippen LogP contribution in [0.4, 0.5) is 0 Å². The highest BCUT2D eigenvalue weighted by Crippen LogP contribution is 2.03. The third-order valence-corrected chi connectivity index (χ3v) is 1.09. The monoisotopic (exact) mass is 128 g/mol. The molecular formula is C7H12O2. The maximum atomic E-state index is 8.01. The molecule has 0 bridgehead atoms. The van der Waals surface area contributed by atoms with Gasteiger partial charge in [-0.25, -0.2) is 4.89 Å². The van der Waals surface area contributed by atoms with E-state index in [1.807, 2.05) is 0 Å². The molecule has 1 N–H and O–H groups in total. The van der Waals surface area contributed by atoms with E-state index in [1.165, 1.54) is 0 Å². The van der Waals surface area contributed by atoms with Crippen LogP contribution in [0.5, 0.6) is 0 Å². The highest BCUT2D eigenvalue weighted by Gasteiger charge is 1.99. The third kappa shape index (κ3) is 3.94. The first-order valence-electron chi connectivity index (χ1n) is 2.85. The summed E-state index contributed by atoms with van der Waals surface area (Å²) in [5.41, 5.74) is 0. The van der Waals surface area contributed by atoms with Crippen molar-refractivity contribution in [3.05, 3.63) is 25.3 Å². The lowest BCUT2D eigenvalue weighted by Crippen LogP contribution is -2.02. The second kappa shape index (κ2) is 5.54. The van der Waals surface area contributed by atoms with E-state index in [-0.39, 0.29) is 5.92 Å². The Balaban J connectivity index is 3.40. The van der Waals surface area contributed by atoms with Gasteiger partial charge >= 0.3 is 0 Å². The molecule has 0 radical (unpaired) electrons. The summed E-state index contributed by atoms with van der Waals surface area (Å²) >= 11 is 0. The molecule has 2 heteroatoms. The molecule has 0 aromatic rings. The first-order chi connectivity index (χ1) is 4.35. The second-order valence-corrected chi connectivity index (χ2v) is 1.82. The quantitative estimate of drug-likeness (QED) is 0.348. The van der Waals surface area contributed by atoms with Crippen molar-refractivity contribution in [1.82, 2.24) is 0 Å². The molecule has 1 atom stereocenters. The zero-order chi connectivity index (χ0) is 7.11. The zero-order valence-corrected chi connectivity index (χ0v) is 5.42. The molecule has 0 aromatic heterocycles. The van der Waals surface area contributed by atoms with E-state index in [1.54, 1.807) is 12.2 Å². The van der Waals surface area contributed by atoms with Gasteiger partial charge in [-0.1, -0.05) is 12.2 Å². The van der Waals surface area contributed by atoms with Crippen LogP contribution in [-0.2, 0) is 4.89 Å². The van der Waals surface area contributed by atoms with Gasteiger partial charge in [0.1, 0.15) is 0 Å². The number of hydrogen-bond acceptors (Lipinski definition) is 2. The molecule has 0 amide bonds. The average Bonchev–Trinajstić information content (AvgIpc) is 1.88. The van der Waals surface area contributed by atoms with Crippen molar-refractivity contribution in [2.75, 3.05) is 6.61 Å². The zero-order valence-electron chi connectivity index (χ0n) is 5.42. The minimum Gasteiger partial charge on any atom is -0.252 e. The normalized spacial score (nSPS) is 12.6. The number of allylic oxidation sites excluding steroid dienone is 1. The van der Waals surface area contributed by atoms with Gasteiger partial charge in [-0.15, -0.1) is 13.2 Å². The molecule has 2 nitrogen and oxygen atoms in total. The van der Waals surface area contributed by atoms with Gasteiger partial charge in [0, 0.05) is 5.92 Å². The van der Waals surface area contributed by atoms with Gasteiger partial charge < -0.3 is 0 Å². The highest BCUT2D eigenvalue weighted by molar-refractivity contribution is 4.84. The largest absolute Gasteiger partial charge is 0.252 e. The Labute approximate surface area is 55.4 Å². The Morgan fingerprint density at radius 2 is 2.22 bits per heavy atom. The number of rotatable bonds is 5. The molecule has 0 saturated heterocycles. The lowest BCUT2D eigenvalue weighted by atomic mass is 10.1. The maximum Gasteiger partial charge on any atom is 0.0885 e. The van der Waals surface area contributed by atoms with Crippen molar-refractivity contribution in [3.8, 4) is 0 Å². The van der Waals surface area contributed by atoms with Gasteiger partial charge in [-0.05, 0) is 6.42 Å². The van der Waals surface area contributed by atoms with Crippen LogP contribution in [0.15, 0.2) is 25.3 Å². The fourth-order valence-electron chi connectivity index (χ4n) is 0.542. The lowest BCUT2D eigenvalue weighted by Gasteiger charge is -2.04. The van der Waals surface area contributed by atoms with Crippen molar-refractivity contribution in [1.29, 1.82) is 0 Å². The van der Waals surface area contributed by atoms with E-state index in [2.05, 4.69) is 18.0 Å². The number of hydrogen-bond donors (Lipinski definition) is 1. The smallest absolute Gasteiger partial charge is 0.0885 e. The van der Waals surface area contributed by atoms with Crippen molar-refractivity contribution in [2.24, 2.45) is 5.92 Å². The molecule has 1 unspecified atom stereocenters. The van der Waals surface area contributed by atoms with E-state index in [4.69, 9.17) is 5.26 Å². The summed E-state index contributed by atoms with van der Waals surface area (Å²) in [5.74, 6) is 0.187. The summed E-state index contributed by atoms with van der Waals surface area (Å²) in [4.78, 5) is 3.93. The second-order valence-electron chi connectivity index (χ2n) is 1.82. The van der Waals surface area contributed by atoms with Crippen molar-refractivity contribution in [3.63, 3.8) is 0 Å². The van der Waals surface area contributed by atoms with Crippen LogP contribution in [0.25, 0.3) is 0 Å². The molecule has 0 rings (SSSR count). The highest BCUT2D eigenvalue weighted by atomic mass is 17.1. The molecule has 0 saturated carbocycles. The van der Waals surface area contributed by atoms with Crippen molar-refractivity contribution >= 4 is 0 Å². The average molecular weight is 128 g/mol. The molecule has 0 aliphatic heterocycles. The predicted octanol–water partition coefficient (Wildman–Crippen LogP) is 1.85. The lowest BCUT2D eigenvalue weighted by molar-refractivity contribution is -0.247. The minimum absolute atomic E-state index is 0.187. The van der Waals surface area contributed by atoms with Crippen LogP contribution < -0.4 is 0 Å². The fourth-order valence-corrected chi connectivity index (χ4v) is 0.542. The van der Waals surface area contributed by atoms with E-state index >= 15 is 0 Å². The summed E-state index contributed by atoms with van der Waals surface area (Å²) < 4.78 is 0. The van der Waals surface area contributed by atoms with Crippen LogP contribution in [-0.4, -0.2) is 11.9 Å². The van der Waals surface area contributed by atoms with Gasteiger partial charge in [0.25, 0.3) is 0 Å². The van der Waals surface area contributed by atoms with Gasteiger partial charge in [-0.3, -0.25) is 5.26 Å². The van der Waals surface area contributed by atoms with Gasteiger partial charge in [0.15, 0.2) is 0 Å². The Kier molecular flexibility index (Phi) is 5.17. The van der Waals surface area contributed by atoms with Crippen molar-refractivity contribution in [2.45, 2.75) is 6.42 Å². The van der Waals surface area contributed by atoms with Gasteiger partial charge in [-0.2, -0.15) is 0 Å². The molecule has 0 aromatic carbocycles. The van der Waals surface area contributed by atoms with E-state index in [9.17, 15) is 0 Å². The summed E-state index contributed by atoms with van der Waals surface area (Å²) in [6.07, 6.45) is 4.30. The molecular weight excluding hydrogens is 116 g/mol. The predicted molar refractivity (Wildman–Crippen MR) is 37.1 cm³/mol. The van der Waals surface area contributed by atoms with Gasteiger partial charge in [0.05, 0.1) is 6.61 Å². The summed E-state index contributed by atoms with van der Waals surface area (Å²) in [6, 6.07) is 0. The standard InChI is InChI=1S/C7H12O2/c1-3-5-7(4-2)6-9-8/h3-4,7-8H,1-2,5-6H2. The SMILES string of the molecule is C=CCC(C=C)COO. The summed E-state index contributed by atoms with van der Waals surface area (Å²) in [5, 5.41) is 8.01. The molecule has 0 heterocycles. The minimum atomic E-state index is 0.187. The molecule has 9 heavy (non-hydrogen) atoms. The van der Waals surface area contributed by atoms with E-state index < -0.39 is 0 Å². The Morgan fingerprint density at radius 3 is 2.56 bits per heavy atom. The van der Waals surface area contributed by atoms with E-state index in [0.717, 1.165) is 6.42 Å². The topological polar surface area (TPSA) is 29.5 Å². The molecule has 0 spiro atoms. The van der Waals surface area contributed by atoms with Crippen molar-refractivity contribution < 1.29 is 10.1 Å². The molecule has 0 aliphatic carbocycles. The Bertz CT molecular complexity index is 88.9. The van der Waals surface area contributed by atoms with E-state index in [0.29, 0.717) is 6.61 Å². The van der Waals surface area contributed by atoms with Crippen LogP contribution in [0, 0.1) is 5.92 Å². The first kappa shape index (κ1) is 8.40. The maximum absolute atomic E-state index is 8.01. The third-order valence-electron chi connectivity index (χ3n) is 1.09.